The van der Waals surface area contributed by atoms with Crippen LogP contribution in [0.2, 0.25) is 0 Å². The minimum atomic E-state index is -3.63. The van der Waals surface area contributed by atoms with Crippen molar-refractivity contribution in [2.45, 2.75) is 31.2 Å². The van der Waals surface area contributed by atoms with Gasteiger partial charge in [-0.3, -0.25) is 0 Å². The minimum absolute atomic E-state index is 0.101. The van der Waals surface area contributed by atoms with Gasteiger partial charge in [-0.25, -0.2) is 18.1 Å². The van der Waals surface area contributed by atoms with Crippen molar-refractivity contribution < 1.29 is 8.42 Å². The highest BCUT2D eigenvalue weighted by atomic mass is 32.2. The van der Waals surface area contributed by atoms with Crippen molar-refractivity contribution >= 4 is 16.0 Å². The molecular weight excluding hydrogens is 288 g/mol. The van der Waals surface area contributed by atoms with E-state index in [-0.39, 0.29) is 16.9 Å². The van der Waals surface area contributed by atoms with Gasteiger partial charge in [-0.05, 0) is 37.6 Å². The second-order valence-corrected chi connectivity index (χ2v) is 6.47. The molecule has 0 amide bonds. The fourth-order valence-electron chi connectivity index (χ4n) is 1.94. The van der Waals surface area contributed by atoms with Crippen molar-refractivity contribution in [1.82, 2.24) is 15.3 Å². The standard InChI is InChI=1S/C14H20N4O2S/c1-3-7-15-11(2)12-5-4-6-13(10-12)21(19,20)18-14-16-8-9-17-14/h4-6,8-11,15H,3,7H2,1-2H3,(H2,16,17,18). The van der Waals surface area contributed by atoms with Gasteiger partial charge in [0, 0.05) is 18.4 Å². The summed E-state index contributed by atoms with van der Waals surface area (Å²) in [5.74, 6) is 0.206. The van der Waals surface area contributed by atoms with Crippen LogP contribution in [0.15, 0.2) is 41.6 Å². The number of hydrogen-bond acceptors (Lipinski definition) is 4. The number of sulfonamides is 1. The van der Waals surface area contributed by atoms with Crippen LogP contribution in [-0.4, -0.2) is 24.9 Å². The summed E-state index contributed by atoms with van der Waals surface area (Å²) in [6, 6.07) is 7.01. The van der Waals surface area contributed by atoms with E-state index in [9.17, 15) is 8.42 Å². The van der Waals surface area contributed by atoms with Crippen molar-refractivity contribution in [3.05, 3.63) is 42.2 Å². The van der Waals surface area contributed by atoms with E-state index in [1.165, 1.54) is 6.20 Å². The Morgan fingerprint density at radius 3 is 2.86 bits per heavy atom. The summed E-state index contributed by atoms with van der Waals surface area (Å²) >= 11 is 0. The quantitative estimate of drug-likeness (QED) is 0.732. The van der Waals surface area contributed by atoms with Gasteiger partial charge < -0.3 is 10.3 Å². The number of imidazole rings is 1. The van der Waals surface area contributed by atoms with Crippen molar-refractivity contribution in [3.8, 4) is 0 Å². The molecule has 2 rings (SSSR count). The maximum atomic E-state index is 12.3. The molecule has 21 heavy (non-hydrogen) atoms. The highest BCUT2D eigenvalue weighted by Crippen LogP contribution is 2.19. The molecular formula is C14H20N4O2S. The molecule has 1 atom stereocenters. The number of hydrogen-bond donors (Lipinski definition) is 3. The zero-order chi connectivity index (χ0) is 15.3. The average Bonchev–Trinajstić information content (AvgIpc) is 2.97. The summed E-state index contributed by atoms with van der Waals surface area (Å²) in [7, 11) is -3.63. The van der Waals surface area contributed by atoms with Crippen LogP contribution in [0.25, 0.3) is 0 Å². The Labute approximate surface area is 125 Å². The van der Waals surface area contributed by atoms with Gasteiger partial charge in [0.05, 0.1) is 4.90 Å². The molecule has 0 fully saturated rings. The summed E-state index contributed by atoms with van der Waals surface area (Å²) < 4.78 is 27.0. The molecule has 0 aliphatic heterocycles. The van der Waals surface area contributed by atoms with Crippen LogP contribution in [0, 0.1) is 0 Å². The van der Waals surface area contributed by atoms with Crippen LogP contribution in [0.1, 0.15) is 31.9 Å². The van der Waals surface area contributed by atoms with E-state index in [1.807, 2.05) is 13.0 Å². The maximum Gasteiger partial charge on any atom is 0.264 e. The van der Waals surface area contributed by atoms with Gasteiger partial charge >= 0.3 is 0 Å². The molecule has 3 N–H and O–H groups in total. The van der Waals surface area contributed by atoms with Crippen LogP contribution in [0.4, 0.5) is 5.95 Å². The fraction of sp³-hybridized carbons (Fsp3) is 0.357. The van der Waals surface area contributed by atoms with E-state index in [0.717, 1.165) is 18.5 Å². The number of rotatable bonds is 7. The normalized spacial score (nSPS) is 13.0. The Bertz CT molecular complexity index is 668. The number of aromatic nitrogens is 2. The number of nitrogens with zero attached hydrogens (tertiary/aromatic N) is 1. The predicted molar refractivity (Wildman–Crippen MR) is 82.5 cm³/mol. The van der Waals surface area contributed by atoms with E-state index < -0.39 is 10.0 Å². The van der Waals surface area contributed by atoms with Crippen LogP contribution < -0.4 is 10.0 Å². The van der Waals surface area contributed by atoms with Crippen molar-refractivity contribution in [3.63, 3.8) is 0 Å². The highest BCUT2D eigenvalue weighted by Gasteiger charge is 2.16. The summed E-state index contributed by atoms with van der Waals surface area (Å²) in [5, 5.41) is 3.34. The summed E-state index contributed by atoms with van der Waals surface area (Å²) in [6.07, 6.45) is 4.08. The first-order valence-electron chi connectivity index (χ1n) is 6.88. The van der Waals surface area contributed by atoms with Crippen LogP contribution in [-0.2, 0) is 10.0 Å². The zero-order valence-electron chi connectivity index (χ0n) is 12.1. The molecule has 114 valence electrons. The topological polar surface area (TPSA) is 86.9 Å². The number of H-pyrrole nitrogens is 1. The zero-order valence-corrected chi connectivity index (χ0v) is 12.9. The molecule has 0 aliphatic rings. The lowest BCUT2D eigenvalue weighted by Gasteiger charge is -2.15. The molecule has 0 saturated heterocycles. The third-order valence-corrected chi connectivity index (χ3v) is 4.43. The van der Waals surface area contributed by atoms with E-state index in [4.69, 9.17) is 0 Å². The van der Waals surface area contributed by atoms with Gasteiger partial charge in [-0.15, -0.1) is 0 Å². The van der Waals surface area contributed by atoms with E-state index in [1.54, 1.807) is 24.4 Å². The Morgan fingerprint density at radius 2 is 2.19 bits per heavy atom. The number of benzene rings is 1. The average molecular weight is 308 g/mol. The Hall–Kier alpha value is -1.86. The minimum Gasteiger partial charge on any atom is -0.330 e. The van der Waals surface area contributed by atoms with Crippen LogP contribution in [0.3, 0.4) is 0 Å². The molecule has 0 radical (unpaired) electrons. The maximum absolute atomic E-state index is 12.3. The van der Waals surface area contributed by atoms with Crippen LogP contribution >= 0.6 is 0 Å². The SMILES string of the molecule is CCCNC(C)c1cccc(S(=O)(=O)Nc2ncc[nH]2)c1. The monoisotopic (exact) mass is 308 g/mol. The van der Waals surface area contributed by atoms with Gasteiger partial charge in [0.2, 0.25) is 5.95 Å². The third kappa shape index (κ3) is 4.05. The lowest BCUT2D eigenvalue weighted by molar-refractivity contribution is 0.569. The van der Waals surface area contributed by atoms with Gasteiger partial charge in [-0.1, -0.05) is 19.1 Å². The predicted octanol–water partition coefficient (Wildman–Crippen LogP) is 2.27. The number of anilines is 1. The first-order valence-corrected chi connectivity index (χ1v) is 8.37. The molecule has 1 aromatic carbocycles. The van der Waals surface area contributed by atoms with Crippen molar-refractivity contribution in [2.75, 3.05) is 11.3 Å². The highest BCUT2D eigenvalue weighted by molar-refractivity contribution is 7.92. The second kappa shape index (κ2) is 6.73. The molecule has 2 aromatic rings. The first-order chi connectivity index (χ1) is 10.0. The third-order valence-electron chi connectivity index (χ3n) is 3.10. The number of nitrogens with one attached hydrogen (secondary N) is 3. The fourth-order valence-corrected chi connectivity index (χ4v) is 2.97. The lowest BCUT2D eigenvalue weighted by Crippen LogP contribution is -2.20. The van der Waals surface area contributed by atoms with Gasteiger partial charge in [0.1, 0.15) is 0 Å². The summed E-state index contributed by atoms with van der Waals surface area (Å²) in [4.78, 5) is 6.81. The van der Waals surface area contributed by atoms with Crippen LogP contribution in [0.5, 0.6) is 0 Å². The van der Waals surface area contributed by atoms with E-state index in [2.05, 4.69) is 26.9 Å². The molecule has 0 saturated carbocycles. The van der Waals surface area contributed by atoms with Crippen molar-refractivity contribution in [1.29, 1.82) is 0 Å². The van der Waals surface area contributed by atoms with Crippen molar-refractivity contribution in [2.24, 2.45) is 0 Å². The summed E-state index contributed by atoms with van der Waals surface area (Å²) in [5.41, 5.74) is 0.936. The molecule has 1 unspecified atom stereocenters. The molecule has 0 spiro atoms. The lowest BCUT2D eigenvalue weighted by atomic mass is 10.1. The number of aromatic amines is 1. The molecule has 1 heterocycles. The molecule has 0 aliphatic carbocycles. The Kier molecular flexibility index (Phi) is 4.98. The van der Waals surface area contributed by atoms with Gasteiger partial charge in [-0.2, -0.15) is 0 Å². The van der Waals surface area contributed by atoms with E-state index in [0.29, 0.717) is 0 Å². The molecule has 7 heteroatoms. The van der Waals surface area contributed by atoms with E-state index >= 15 is 0 Å². The Balaban J connectivity index is 2.20. The second-order valence-electron chi connectivity index (χ2n) is 4.79. The smallest absolute Gasteiger partial charge is 0.264 e. The molecule has 6 nitrogen and oxygen atoms in total. The summed E-state index contributed by atoms with van der Waals surface area (Å²) in [6.45, 7) is 5.00. The molecule has 1 aromatic heterocycles. The first kappa shape index (κ1) is 15.5. The van der Waals surface area contributed by atoms with Gasteiger partial charge in [0.15, 0.2) is 0 Å². The Morgan fingerprint density at radius 1 is 1.38 bits per heavy atom. The molecule has 0 bridgehead atoms. The van der Waals surface area contributed by atoms with Gasteiger partial charge in [0.25, 0.3) is 10.0 Å². The largest absolute Gasteiger partial charge is 0.330 e.